The molecule has 0 saturated carbocycles. The summed E-state index contributed by atoms with van der Waals surface area (Å²) in [5, 5.41) is 18.5. The molecule has 0 heterocycles. The van der Waals surface area contributed by atoms with Crippen LogP contribution in [0.4, 0.5) is 10.1 Å². The topological polar surface area (TPSA) is 63.4 Å². The molecule has 0 unspecified atom stereocenters. The summed E-state index contributed by atoms with van der Waals surface area (Å²) < 4.78 is 12.7. The van der Waals surface area contributed by atoms with E-state index in [1.807, 2.05) is 0 Å². The third kappa shape index (κ3) is 1.45. The number of halogens is 2. The fourth-order valence-corrected chi connectivity index (χ4v) is 0.998. The maximum Gasteiger partial charge on any atom is 0.323 e. The highest BCUT2D eigenvalue weighted by atomic mass is 35.5. The summed E-state index contributed by atoms with van der Waals surface area (Å²) >= 11 is 5.29. The minimum absolute atomic E-state index is 0.419. The van der Waals surface area contributed by atoms with E-state index in [9.17, 15) is 14.5 Å². The molecule has 0 atom stereocenters. The number of benzene rings is 1. The second kappa shape index (κ2) is 2.94. The maximum atomic E-state index is 12.7. The van der Waals surface area contributed by atoms with Crippen LogP contribution in [0.5, 0.6) is 5.75 Å². The molecule has 0 aromatic heterocycles. The SMILES string of the molecule is O=[N+]([O-])c1c(F)cc(O)cc1Cl. The molecule has 0 fully saturated rings. The van der Waals surface area contributed by atoms with Crippen molar-refractivity contribution in [3.05, 3.63) is 33.1 Å². The molecule has 0 radical (unpaired) electrons. The van der Waals surface area contributed by atoms with E-state index < -0.39 is 27.2 Å². The highest BCUT2D eigenvalue weighted by molar-refractivity contribution is 6.32. The molecule has 12 heavy (non-hydrogen) atoms. The van der Waals surface area contributed by atoms with E-state index in [2.05, 4.69) is 0 Å². The normalized spacial score (nSPS) is 9.83. The van der Waals surface area contributed by atoms with E-state index in [1.54, 1.807) is 0 Å². The lowest BCUT2D eigenvalue weighted by Crippen LogP contribution is -1.92. The van der Waals surface area contributed by atoms with E-state index in [-0.39, 0.29) is 0 Å². The van der Waals surface area contributed by atoms with Gasteiger partial charge in [0, 0.05) is 12.1 Å². The minimum atomic E-state index is -1.15. The Kier molecular flexibility index (Phi) is 2.14. The fraction of sp³-hybridized carbons (Fsp3) is 0. The van der Waals surface area contributed by atoms with Crippen molar-refractivity contribution in [3.8, 4) is 5.75 Å². The lowest BCUT2D eigenvalue weighted by atomic mass is 10.3. The number of rotatable bonds is 1. The van der Waals surface area contributed by atoms with Gasteiger partial charge in [0.05, 0.1) is 4.92 Å². The van der Waals surface area contributed by atoms with Crippen molar-refractivity contribution in [2.45, 2.75) is 0 Å². The van der Waals surface area contributed by atoms with Crippen molar-refractivity contribution in [1.82, 2.24) is 0 Å². The summed E-state index contributed by atoms with van der Waals surface area (Å²) in [5.74, 6) is -1.59. The van der Waals surface area contributed by atoms with Crippen LogP contribution in [0.3, 0.4) is 0 Å². The largest absolute Gasteiger partial charge is 0.508 e. The van der Waals surface area contributed by atoms with Crippen molar-refractivity contribution in [2.75, 3.05) is 0 Å². The molecule has 0 aliphatic rings. The molecule has 4 nitrogen and oxygen atoms in total. The lowest BCUT2D eigenvalue weighted by molar-refractivity contribution is -0.387. The predicted molar refractivity (Wildman–Crippen MR) is 39.7 cm³/mol. The van der Waals surface area contributed by atoms with Gasteiger partial charge in [-0.3, -0.25) is 10.1 Å². The van der Waals surface area contributed by atoms with Crippen molar-refractivity contribution in [3.63, 3.8) is 0 Å². The second-order valence-electron chi connectivity index (χ2n) is 2.02. The van der Waals surface area contributed by atoms with Gasteiger partial charge < -0.3 is 5.11 Å². The predicted octanol–water partition coefficient (Wildman–Crippen LogP) is 2.09. The summed E-state index contributed by atoms with van der Waals surface area (Å²) in [6, 6.07) is 1.53. The number of aromatic hydroxyl groups is 1. The van der Waals surface area contributed by atoms with E-state index >= 15 is 0 Å². The zero-order valence-corrected chi connectivity index (χ0v) is 6.38. The Morgan fingerprint density at radius 2 is 2.17 bits per heavy atom. The van der Waals surface area contributed by atoms with Gasteiger partial charge in [-0.05, 0) is 0 Å². The van der Waals surface area contributed by atoms with Crippen LogP contribution in [0, 0.1) is 15.9 Å². The monoisotopic (exact) mass is 191 g/mol. The average molecular weight is 192 g/mol. The van der Waals surface area contributed by atoms with Crippen molar-refractivity contribution >= 4 is 17.3 Å². The maximum absolute atomic E-state index is 12.7. The number of nitrogens with zero attached hydrogens (tertiary/aromatic N) is 1. The van der Waals surface area contributed by atoms with Crippen LogP contribution in [-0.4, -0.2) is 10.0 Å². The Morgan fingerprint density at radius 3 is 2.58 bits per heavy atom. The minimum Gasteiger partial charge on any atom is -0.508 e. The van der Waals surface area contributed by atoms with Crippen molar-refractivity contribution in [2.24, 2.45) is 0 Å². The Labute approximate surface area is 71.3 Å². The molecule has 0 spiro atoms. The Hall–Kier alpha value is -1.36. The van der Waals surface area contributed by atoms with Gasteiger partial charge in [-0.2, -0.15) is 4.39 Å². The lowest BCUT2D eigenvalue weighted by Gasteiger charge is -1.96. The molecular formula is C6H3ClFNO3. The zero-order chi connectivity index (χ0) is 9.30. The second-order valence-corrected chi connectivity index (χ2v) is 2.42. The number of nitro benzene ring substituents is 1. The van der Waals surface area contributed by atoms with Gasteiger partial charge in [-0.25, -0.2) is 0 Å². The molecule has 0 bridgehead atoms. The Bertz CT molecular complexity index is 319. The van der Waals surface area contributed by atoms with Crippen LogP contribution in [0.2, 0.25) is 5.02 Å². The summed E-state index contributed by atoms with van der Waals surface area (Å²) in [6.07, 6.45) is 0. The first kappa shape index (κ1) is 8.73. The molecule has 0 amide bonds. The Balaban J connectivity index is 3.38. The van der Waals surface area contributed by atoms with Gasteiger partial charge in [0.25, 0.3) is 0 Å². The molecule has 1 aromatic rings. The van der Waals surface area contributed by atoms with E-state index in [4.69, 9.17) is 16.7 Å². The van der Waals surface area contributed by atoms with Crippen LogP contribution in [0.15, 0.2) is 12.1 Å². The van der Waals surface area contributed by atoms with Crippen molar-refractivity contribution < 1.29 is 14.4 Å². The summed E-state index contributed by atoms with van der Waals surface area (Å²) in [4.78, 5) is 9.21. The number of hydrogen-bond donors (Lipinski definition) is 1. The van der Waals surface area contributed by atoms with Gasteiger partial charge in [-0.15, -0.1) is 0 Å². The molecule has 6 heteroatoms. The number of nitro groups is 1. The third-order valence-corrected chi connectivity index (χ3v) is 1.47. The van der Waals surface area contributed by atoms with Gasteiger partial charge in [0.1, 0.15) is 10.8 Å². The van der Waals surface area contributed by atoms with Gasteiger partial charge in [-0.1, -0.05) is 11.6 Å². The molecule has 0 aliphatic heterocycles. The fourth-order valence-electron chi connectivity index (χ4n) is 0.727. The van der Waals surface area contributed by atoms with E-state index in [0.29, 0.717) is 6.07 Å². The Morgan fingerprint density at radius 1 is 1.58 bits per heavy atom. The summed E-state index contributed by atoms with van der Waals surface area (Å²) in [5.41, 5.74) is -0.825. The molecule has 1 aromatic carbocycles. The van der Waals surface area contributed by atoms with Crippen LogP contribution in [0.1, 0.15) is 0 Å². The highest BCUT2D eigenvalue weighted by Crippen LogP contribution is 2.30. The molecular weight excluding hydrogens is 189 g/mol. The quantitative estimate of drug-likeness (QED) is 0.546. The first-order chi connectivity index (χ1) is 5.52. The van der Waals surface area contributed by atoms with Crippen LogP contribution in [-0.2, 0) is 0 Å². The van der Waals surface area contributed by atoms with Crippen molar-refractivity contribution in [1.29, 1.82) is 0 Å². The molecule has 0 saturated heterocycles. The van der Waals surface area contributed by atoms with Gasteiger partial charge in [0.2, 0.25) is 5.82 Å². The van der Waals surface area contributed by atoms with Gasteiger partial charge >= 0.3 is 5.69 Å². The molecule has 1 N–H and O–H groups in total. The first-order valence-electron chi connectivity index (χ1n) is 2.85. The average Bonchev–Trinajstić information content (AvgIpc) is 1.82. The molecule has 0 aliphatic carbocycles. The number of phenolic OH excluding ortho intramolecular Hbond substituents is 1. The third-order valence-electron chi connectivity index (χ3n) is 1.18. The number of hydrogen-bond acceptors (Lipinski definition) is 3. The highest BCUT2D eigenvalue weighted by Gasteiger charge is 2.19. The summed E-state index contributed by atoms with van der Waals surface area (Å²) in [7, 11) is 0. The van der Waals surface area contributed by atoms with E-state index in [0.717, 1.165) is 6.07 Å². The van der Waals surface area contributed by atoms with Crippen LogP contribution in [0.25, 0.3) is 0 Å². The first-order valence-corrected chi connectivity index (χ1v) is 3.22. The zero-order valence-electron chi connectivity index (χ0n) is 5.62. The number of phenols is 1. The van der Waals surface area contributed by atoms with E-state index in [1.165, 1.54) is 0 Å². The van der Waals surface area contributed by atoms with Crippen LogP contribution < -0.4 is 0 Å². The van der Waals surface area contributed by atoms with Crippen LogP contribution >= 0.6 is 11.6 Å². The molecule has 1 rings (SSSR count). The summed E-state index contributed by atoms with van der Waals surface area (Å²) in [6.45, 7) is 0. The standard InChI is InChI=1S/C6H3ClFNO3/c7-4-1-3(10)2-5(8)6(4)9(11)12/h1-2,10H. The smallest absolute Gasteiger partial charge is 0.323 e. The molecule has 64 valence electrons. The van der Waals surface area contributed by atoms with Gasteiger partial charge in [0.15, 0.2) is 0 Å².